The number of benzene rings is 1. The van der Waals surface area contributed by atoms with Crippen LogP contribution >= 0.6 is 0 Å². The summed E-state index contributed by atoms with van der Waals surface area (Å²) < 4.78 is 0. The fourth-order valence-corrected chi connectivity index (χ4v) is 6.66. The summed E-state index contributed by atoms with van der Waals surface area (Å²) in [5.41, 5.74) is 2.12. The first-order valence-corrected chi connectivity index (χ1v) is 9.59. The number of nitrogens with zero attached hydrogens (tertiary/aromatic N) is 2. The van der Waals surface area contributed by atoms with Crippen molar-refractivity contribution in [3.8, 4) is 0 Å². The number of amides is 1. The highest BCUT2D eigenvalue weighted by molar-refractivity contribution is 5.96. The molecule has 1 aromatic rings. The van der Waals surface area contributed by atoms with E-state index in [0.717, 1.165) is 35.4 Å². The quantitative estimate of drug-likeness (QED) is 0.615. The third kappa shape index (κ3) is 2.47. The second kappa shape index (κ2) is 5.29. The molecule has 4 saturated carbocycles. The summed E-state index contributed by atoms with van der Waals surface area (Å²) in [6.07, 6.45) is 9.25. The van der Waals surface area contributed by atoms with E-state index in [4.69, 9.17) is 0 Å². The van der Waals surface area contributed by atoms with E-state index in [9.17, 15) is 14.9 Å². The van der Waals surface area contributed by atoms with Crippen LogP contribution in [-0.2, 0) is 11.2 Å². The molecule has 4 aliphatic carbocycles. The standard InChI is InChI=1S/C20H24N2O3/c23-19(12-20-9-13-5-14(10-20)7-15(6-13)11-20)21-4-3-16-1-2-17(22(24)25)8-18(16)21/h1-2,8,13-15H,3-7,9-12H2. The number of non-ortho nitro benzene ring substituents is 1. The van der Waals surface area contributed by atoms with Crippen LogP contribution in [0.2, 0.25) is 0 Å². The molecular formula is C20H24N2O3. The van der Waals surface area contributed by atoms with Crippen LogP contribution in [0.3, 0.4) is 0 Å². The van der Waals surface area contributed by atoms with Crippen molar-refractivity contribution in [1.82, 2.24) is 0 Å². The predicted molar refractivity (Wildman–Crippen MR) is 94.4 cm³/mol. The van der Waals surface area contributed by atoms with Crippen molar-refractivity contribution in [2.45, 2.75) is 51.4 Å². The van der Waals surface area contributed by atoms with Crippen molar-refractivity contribution < 1.29 is 9.72 Å². The molecule has 0 N–H and O–H groups in total. The van der Waals surface area contributed by atoms with Crippen LogP contribution in [0.1, 0.15) is 50.5 Å². The Labute approximate surface area is 147 Å². The lowest BCUT2D eigenvalue weighted by Crippen LogP contribution is -2.48. The Morgan fingerprint density at radius 1 is 1.16 bits per heavy atom. The van der Waals surface area contributed by atoms with Gasteiger partial charge in [0.2, 0.25) is 5.91 Å². The summed E-state index contributed by atoms with van der Waals surface area (Å²) in [5.74, 6) is 2.70. The average molecular weight is 340 g/mol. The van der Waals surface area contributed by atoms with E-state index < -0.39 is 0 Å². The first kappa shape index (κ1) is 15.4. The van der Waals surface area contributed by atoms with Gasteiger partial charge in [-0.2, -0.15) is 0 Å². The summed E-state index contributed by atoms with van der Waals surface area (Å²) in [4.78, 5) is 25.7. The van der Waals surface area contributed by atoms with Gasteiger partial charge < -0.3 is 4.90 Å². The zero-order valence-electron chi connectivity index (χ0n) is 14.4. The van der Waals surface area contributed by atoms with Gasteiger partial charge in [-0.3, -0.25) is 14.9 Å². The number of hydrogen-bond donors (Lipinski definition) is 0. The second-order valence-corrected chi connectivity index (χ2v) is 8.96. The highest BCUT2D eigenvalue weighted by Gasteiger charge is 2.52. The van der Waals surface area contributed by atoms with Gasteiger partial charge in [0.05, 0.1) is 10.6 Å². The molecule has 1 heterocycles. The molecule has 6 rings (SSSR count). The first-order valence-electron chi connectivity index (χ1n) is 9.59. The molecule has 0 spiro atoms. The van der Waals surface area contributed by atoms with Gasteiger partial charge in [0.1, 0.15) is 0 Å². The summed E-state index contributed by atoms with van der Waals surface area (Å²) in [5, 5.41) is 11.1. The van der Waals surface area contributed by atoms with Crippen LogP contribution in [0, 0.1) is 33.3 Å². The van der Waals surface area contributed by atoms with Crippen molar-refractivity contribution in [1.29, 1.82) is 0 Å². The Morgan fingerprint density at radius 3 is 2.40 bits per heavy atom. The first-order chi connectivity index (χ1) is 12.0. The van der Waals surface area contributed by atoms with E-state index in [-0.39, 0.29) is 21.9 Å². The highest BCUT2D eigenvalue weighted by atomic mass is 16.6. The molecule has 0 radical (unpaired) electrons. The van der Waals surface area contributed by atoms with E-state index in [2.05, 4.69) is 0 Å². The minimum atomic E-state index is -0.375. The number of hydrogen-bond acceptors (Lipinski definition) is 3. The normalized spacial score (nSPS) is 35.0. The minimum Gasteiger partial charge on any atom is -0.312 e. The lowest BCUT2D eigenvalue weighted by molar-refractivity contribution is -0.384. The van der Waals surface area contributed by atoms with E-state index in [0.29, 0.717) is 13.0 Å². The van der Waals surface area contributed by atoms with Crippen LogP contribution in [0.4, 0.5) is 11.4 Å². The number of carbonyl (C=O) groups excluding carboxylic acids is 1. The number of fused-ring (bicyclic) bond motifs is 1. The molecule has 0 unspecified atom stereocenters. The Morgan fingerprint density at radius 2 is 1.80 bits per heavy atom. The third-order valence-corrected chi connectivity index (χ3v) is 7.17. The van der Waals surface area contributed by atoms with E-state index in [1.54, 1.807) is 12.1 Å². The molecule has 0 atom stereocenters. The van der Waals surface area contributed by atoms with Gasteiger partial charge in [0, 0.05) is 25.1 Å². The molecular weight excluding hydrogens is 316 g/mol. The lowest BCUT2D eigenvalue weighted by Gasteiger charge is -2.56. The average Bonchev–Trinajstić information content (AvgIpc) is 2.96. The monoisotopic (exact) mass is 340 g/mol. The van der Waals surface area contributed by atoms with Gasteiger partial charge in [0.15, 0.2) is 0 Å². The third-order valence-electron chi connectivity index (χ3n) is 7.17. The van der Waals surface area contributed by atoms with Crippen molar-refractivity contribution in [2.24, 2.45) is 23.2 Å². The molecule has 0 aromatic heterocycles. The summed E-state index contributed by atoms with van der Waals surface area (Å²) in [6, 6.07) is 4.94. The van der Waals surface area contributed by atoms with Crippen molar-refractivity contribution >= 4 is 17.3 Å². The molecule has 5 aliphatic rings. The Hall–Kier alpha value is -1.91. The zero-order valence-corrected chi connectivity index (χ0v) is 14.4. The van der Waals surface area contributed by atoms with Crippen molar-refractivity contribution in [3.05, 3.63) is 33.9 Å². The molecule has 4 fully saturated rings. The Kier molecular flexibility index (Phi) is 3.25. The highest BCUT2D eigenvalue weighted by Crippen LogP contribution is 2.61. The van der Waals surface area contributed by atoms with Crippen LogP contribution < -0.4 is 4.90 Å². The van der Waals surface area contributed by atoms with Gasteiger partial charge in [-0.25, -0.2) is 0 Å². The van der Waals surface area contributed by atoms with E-state index >= 15 is 0 Å². The molecule has 4 bridgehead atoms. The van der Waals surface area contributed by atoms with Gasteiger partial charge in [-0.1, -0.05) is 6.07 Å². The Balaban J connectivity index is 1.38. The second-order valence-electron chi connectivity index (χ2n) is 8.96. The fourth-order valence-electron chi connectivity index (χ4n) is 6.66. The Bertz CT molecular complexity index is 722. The van der Waals surface area contributed by atoms with Gasteiger partial charge in [0.25, 0.3) is 5.69 Å². The van der Waals surface area contributed by atoms with Crippen LogP contribution in [0.15, 0.2) is 18.2 Å². The van der Waals surface area contributed by atoms with Crippen molar-refractivity contribution in [3.63, 3.8) is 0 Å². The minimum absolute atomic E-state index is 0.0771. The predicted octanol–water partition coefficient (Wildman–Crippen LogP) is 4.09. The van der Waals surface area contributed by atoms with Gasteiger partial charge in [-0.15, -0.1) is 0 Å². The summed E-state index contributed by atoms with van der Waals surface area (Å²) in [7, 11) is 0. The maximum absolute atomic E-state index is 13.1. The topological polar surface area (TPSA) is 63.5 Å². The number of rotatable bonds is 3. The lowest BCUT2D eigenvalue weighted by atomic mass is 9.49. The van der Waals surface area contributed by atoms with Gasteiger partial charge in [-0.05, 0) is 73.7 Å². The number of anilines is 1. The fraction of sp³-hybridized carbons (Fsp3) is 0.650. The maximum Gasteiger partial charge on any atom is 0.271 e. The molecule has 5 heteroatoms. The number of nitro benzene ring substituents is 1. The molecule has 25 heavy (non-hydrogen) atoms. The summed E-state index contributed by atoms with van der Waals surface area (Å²) in [6.45, 7) is 0.668. The summed E-state index contributed by atoms with van der Waals surface area (Å²) >= 11 is 0. The SMILES string of the molecule is O=C(CC12CC3CC(CC(C3)C1)C2)N1CCc2ccc([N+](=O)[O-])cc21. The molecule has 132 valence electrons. The van der Waals surface area contributed by atoms with Crippen LogP contribution in [-0.4, -0.2) is 17.4 Å². The largest absolute Gasteiger partial charge is 0.312 e. The van der Waals surface area contributed by atoms with Gasteiger partial charge >= 0.3 is 0 Å². The van der Waals surface area contributed by atoms with Crippen LogP contribution in [0.5, 0.6) is 0 Å². The molecule has 1 aliphatic heterocycles. The maximum atomic E-state index is 13.1. The molecule has 5 nitrogen and oxygen atoms in total. The van der Waals surface area contributed by atoms with E-state index in [1.165, 1.54) is 38.5 Å². The smallest absolute Gasteiger partial charge is 0.271 e. The molecule has 0 saturated heterocycles. The molecule has 1 aromatic carbocycles. The molecule has 1 amide bonds. The van der Waals surface area contributed by atoms with Crippen molar-refractivity contribution in [2.75, 3.05) is 11.4 Å². The zero-order chi connectivity index (χ0) is 17.2. The van der Waals surface area contributed by atoms with Crippen LogP contribution in [0.25, 0.3) is 0 Å². The van der Waals surface area contributed by atoms with E-state index in [1.807, 2.05) is 11.0 Å². The number of carbonyl (C=O) groups is 1. The number of nitro groups is 1.